The fraction of sp³-hybridized carbons (Fsp3) is 0.500. The number of ether oxygens (including phenoxy) is 1. The van der Waals surface area contributed by atoms with Crippen molar-refractivity contribution in [3.05, 3.63) is 34.9 Å². The Morgan fingerprint density at radius 3 is 2.66 bits per heavy atom. The van der Waals surface area contributed by atoms with Gasteiger partial charge in [-0.05, 0) is 30.7 Å². The number of aliphatic hydroxyl groups is 3. The van der Waals surface area contributed by atoms with E-state index in [1.807, 2.05) is 0 Å². The van der Waals surface area contributed by atoms with Crippen LogP contribution in [0, 0.1) is 6.92 Å². The lowest BCUT2D eigenvalue weighted by Gasteiger charge is -2.42. The molecule has 11 nitrogen and oxygen atoms in total. The molecule has 0 aliphatic carbocycles. The maximum atomic E-state index is 13.1. The molecule has 0 radical (unpaired) electrons. The van der Waals surface area contributed by atoms with E-state index in [0.717, 1.165) is 6.07 Å². The fourth-order valence-corrected chi connectivity index (χ4v) is 4.51. The van der Waals surface area contributed by atoms with Crippen molar-refractivity contribution in [3.8, 4) is 0 Å². The van der Waals surface area contributed by atoms with Crippen LogP contribution in [-0.2, 0) is 10.9 Å². The molecule has 3 heterocycles. The number of benzene rings is 1. The van der Waals surface area contributed by atoms with E-state index >= 15 is 0 Å². The minimum absolute atomic E-state index is 0.0707. The molecule has 14 heteroatoms. The summed E-state index contributed by atoms with van der Waals surface area (Å²) in [5.74, 6) is -4.27. The molecule has 0 aromatic heterocycles. The van der Waals surface area contributed by atoms with Crippen LogP contribution in [0.2, 0.25) is 0 Å². The number of nitrogens with one attached hydrogen (secondary N) is 2. The Bertz CT molecular complexity index is 1040. The van der Waals surface area contributed by atoms with Crippen molar-refractivity contribution in [1.29, 1.82) is 0 Å². The summed E-state index contributed by atoms with van der Waals surface area (Å²) in [7, 11) is 0. The summed E-state index contributed by atoms with van der Waals surface area (Å²) in [6, 6.07) is 0.787. The van der Waals surface area contributed by atoms with Gasteiger partial charge >= 0.3 is 18.1 Å². The molecule has 1 saturated heterocycles. The highest BCUT2D eigenvalue weighted by Crippen LogP contribution is 2.42. The lowest BCUT2D eigenvalue weighted by molar-refractivity contribution is -0.623. The highest BCUT2D eigenvalue weighted by Gasteiger charge is 2.76. The topological polar surface area (TPSA) is 178 Å². The molecule has 4 rings (SSSR count). The van der Waals surface area contributed by atoms with Gasteiger partial charge in [-0.3, -0.25) is 11.1 Å². The maximum absolute atomic E-state index is 13.1. The first-order chi connectivity index (χ1) is 14.8. The van der Waals surface area contributed by atoms with Crippen LogP contribution in [0.3, 0.4) is 0 Å². The predicted octanol–water partition coefficient (Wildman–Crippen LogP) is -2.49. The second-order valence-corrected chi connectivity index (χ2v) is 7.99. The number of alkyl halides is 3. The van der Waals surface area contributed by atoms with Crippen LogP contribution in [0.25, 0.3) is 0 Å². The number of nitrogens with zero attached hydrogens (tertiary/aromatic N) is 2. The number of rotatable bonds is 3. The molecule has 0 saturated carbocycles. The van der Waals surface area contributed by atoms with Crippen molar-refractivity contribution in [3.63, 3.8) is 0 Å². The summed E-state index contributed by atoms with van der Waals surface area (Å²) < 4.78 is 45.9. The van der Waals surface area contributed by atoms with Crippen molar-refractivity contribution in [2.75, 3.05) is 13.2 Å². The number of carbonyl (C=O) groups excluding carboxylic acids is 1. The summed E-state index contributed by atoms with van der Waals surface area (Å²) in [5.41, 5.74) is 8.58. The highest BCUT2D eigenvalue weighted by atomic mass is 19.4. The third kappa shape index (κ3) is 3.05. The number of hydrogen-bond donors (Lipinski definition) is 7. The quantitative estimate of drug-likeness (QED) is 0.146. The van der Waals surface area contributed by atoms with Crippen LogP contribution < -0.4 is 22.1 Å². The normalized spacial score (nSPS) is 30.7. The van der Waals surface area contributed by atoms with Crippen LogP contribution in [0.1, 0.15) is 21.5 Å². The number of nitrogens with two attached hydrogens (primary N) is 2. The molecule has 0 bridgehead atoms. The SMILES string of the molecule is Cc1cc(C(=O)O[C@H]2C[N+]3=C(N)N[C@@H](CO)[C@@H]4N=C(N)N[C@@]43C2(O)O)cc(C(F)(F)F)c1. The summed E-state index contributed by atoms with van der Waals surface area (Å²) in [6.45, 7) is 0.552. The number of hydrogen-bond acceptors (Lipinski definition) is 10. The molecule has 9 N–H and O–H groups in total. The van der Waals surface area contributed by atoms with Gasteiger partial charge < -0.3 is 31.1 Å². The van der Waals surface area contributed by atoms with Gasteiger partial charge in [0.25, 0.3) is 5.79 Å². The van der Waals surface area contributed by atoms with Crippen molar-refractivity contribution in [2.24, 2.45) is 16.5 Å². The fourth-order valence-electron chi connectivity index (χ4n) is 4.51. The summed E-state index contributed by atoms with van der Waals surface area (Å²) in [6.07, 6.45) is -6.34. The van der Waals surface area contributed by atoms with Gasteiger partial charge in [0, 0.05) is 0 Å². The molecule has 1 aromatic carbocycles. The molecule has 174 valence electrons. The Hall–Kier alpha value is -3.10. The van der Waals surface area contributed by atoms with Crippen molar-refractivity contribution >= 4 is 17.9 Å². The third-order valence-corrected chi connectivity index (χ3v) is 5.90. The van der Waals surface area contributed by atoms with Gasteiger partial charge in [-0.1, -0.05) is 0 Å². The number of aliphatic hydroxyl groups excluding tert-OH is 1. The first kappa shape index (κ1) is 22.1. The van der Waals surface area contributed by atoms with E-state index in [1.165, 1.54) is 17.6 Å². The molecule has 0 unspecified atom stereocenters. The van der Waals surface area contributed by atoms with Gasteiger partial charge in [-0.15, -0.1) is 0 Å². The first-order valence-electron chi connectivity index (χ1n) is 9.54. The van der Waals surface area contributed by atoms with E-state index in [4.69, 9.17) is 16.2 Å². The molecule has 1 aromatic rings. The van der Waals surface area contributed by atoms with E-state index in [-0.39, 0.29) is 24.0 Å². The summed E-state index contributed by atoms with van der Waals surface area (Å²) in [4.78, 5) is 16.8. The van der Waals surface area contributed by atoms with E-state index < -0.39 is 59.5 Å². The molecule has 3 aliphatic heterocycles. The smallest absolute Gasteiger partial charge is 0.416 e. The molecule has 3 aliphatic rings. The van der Waals surface area contributed by atoms with Crippen LogP contribution >= 0.6 is 0 Å². The second kappa shape index (κ2) is 6.95. The highest BCUT2D eigenvalue weighted by molar-refractivity contribution is 5.90. The van der Waals surface area contributed by atoms with E-state index in [2.05, 4.69) is 15.6 Å². The van der Waals surface area contributed by atoms with Crippen molar-refractivity contribution in [2.45, 2.75) is 42.7 Å². The average molecular weight is 459 g/mol. The minimum atomic E-state index is -4.68. The molecular formula is C18H22F3N6O5+. The second-order valence-electron chi connectivity index (χ2n) is 7.99. The largest absolute Gasteiger partial charge is 0.449 e. The number of aliphatic imine (C=N–C) groups is 1. The lowest BCUT2D eigenvalue weighted by atomic mass is 9.86. The zero-order valence-corrected chi connectivity index (χ0v) is 16.7. The first-order valence-corrected chi connectivity index (χ1v) is 9.54. The number of aryl methyl sites for hydroxylation is 1. The Labute approximate surface area is 179 Å². The molecule has 4 atom stereocenters. The molecule has 0 amide bonds. The maximum Gasteiger partial charge on any atom is 0.416 e. The number of carbonyl (C=O) groups is 1. The standard InChI is InChI=1S/C18H21F3N6O5/c1-7-2-8(4-9(3-7)18(19,20)21)13(29)32-11-5-27-15(23)24-10(6-28)12-16(27,17(11,30)31)26-14(22)25-12/h2-4,10-12,28,30-31H,5-6H2,1H3,(H5,22,23,24,25,26)/p+1/t10-,11-,12-,16-/m0/s1. The lowest BCUT2D eigenvalue weighted by Crippen LogP contribution is -2.78. The molecule has 1 fully saturated rings. The van der Waals surface area contributed by atoms with Crippen molar-refractivity contribution < 1.29 is 42.6 Å². The van der Waals surface area contributed by atoms with Gasteiger partial charge in [-0.2, -0.15) is 13.2 Å². The summed E-state index contributed by atoms with van der Waals surface area (Å²) >= 11 is 0. The van der Waals surface area contributed by atoms with Gasteiger partial charge in [-0.25, -0.2) is 14.4 Å². The molecule has 1 spiro atoms. The van der Waals surface area contributed by atoms with Gasteiger partial charge in [0.2, 0.25) is 5.66 Å². The summed E-state index contributed by atoms with van der Waals surface area (Å²) in [5, 5.41) is 37.3. The van der Waals surface area contributed by atoms with Crippen molar-refractivity contribution in [1.82, 2.24) is 10.6 Å². The van der Waals surface area contributed by atoms with E-state index in [0.29, 0.717) is 6.07 Å². The molecule has 32 heavy (non-hydrogen) atoms. The Balaban J connectivity index is 1.69. The van der Waals surface area contributed by atoms with E-state index in [9.17, 15) is 33.3 Å². The van der Waals surface area contributed by atoms with Crippen LogP contribution in [0.15, 0.2) is 23.2 Å². The van der Waals surface area contributed by atoms with Crippen LogP contribution in [0.4, 0.5) is 13.2 Å². The monoisotopic (exact) mass is 459 g/mol. The Morgan fingerprint density at radius 2 is 2.03 bits per heavy atom. The predicted molar refractivity (Wildman–Crippen MR) is 102 cm³/mol. The third-order valence-electron chi connectivity index (χ3n) is 5.90. The number of esters is 1. The Kier molecular flexibility index (Phi) is 4.80. The van der Waals surface area contributed by atoms with Gasteiger partial charge in [0.1, 0.15) is 12.6 Å². The van der Waals surface area contributed by atoms with Gasteiger partial charge in [0.05, 0.1) is 17.7 Å². The molecular weight excluding hydrogens is 437 g/mol. The van der Waals surface area contributed by atoms with Crippen LogP contribution in [0.5, 0.6) is 0 Å². The number of halogens is 3. The number of guanidine groups is 2. The zero-order chi connectivity index (χ0) is 23.6. The zero-order valence-electron chi connectivity index (χ0n) is 16.7. The minimum Gasteiger partial charge on any atom is -0.449 e. The Morgan fingerprint density at radius 1 is 1.34 bits per heavy atom. The van der Waals surface area contributed by atoms with Crippen LogP contribution in [-0.4, -0.2) is 80.6 Å². The van der Waals surface area contributed by atoms with E-state index in [1.54, 1.807) is 0 Å². The van der Waals surface area contributed by atoms with Gasteiger partial charge in [0.15, 0.2) is 18.1 Å². The average Bonchev–Trinajstić information content (AvgIpc) is 3.15.